The van der Waals surface area contributed by atoms with Gasteiger partial charge in [-0.15, -0.1) is 38.0 Å². The average Bonchev–Trinajstić information content (AvgIpc) is 3.37. The van der Waals surface area contributed by atoms with Gasteiger partial charge in [0.15, 0.2) is 0 Å². The first kappa shape index (κ1) is 15.5. The fraction of sp³-hybridized carbons (Fsp3) is 0.214. The van der Waals surface area contributed by atoms with Gasteiger partial charge >= 0.3 is 0 Å². The van der Waals surface area contributed by atoms with E-state index in [4.69, 9.17) is 4.42 Å². The molecule has 1 atom stereocenters. The Kier molecular flexibility index (Phi) is 4.41. The highest BCUT2D eigenvalue weighted by molar-refractivity contribution is 7.99. The molecule has 0 saturated carbocycles. The van der Waals surface area contributed by atoms with Gasteiger partial charge in [0.2, 0.25) is 11.0 Å². The van der Waals surface area contributed by atoms with Crippen molar-refractivity contribution in [3.05, 3.63) is 45.8 Å². The Morgan fingerprint density at radius 2 is 2.04 bits per heavy atom. The van der Waals surface area contributed by atoms with E-state index in [-0.39, 0.29) is 5.25 Å². The Labute approximate surface area is 149 Å². The molecule has 1 unspecified atom stereocenters. The second-order valence-corrected chi connectivity index (χ2v) is 8.17. The second-order valence-electron chi connectivity index (χ2n) is 4.88. The van der Waals surface area contributed by atoms with Gasteiger partial charge < -0.3 is 4.42 Å². The molecule has 10 heteroatoms. The van der Waals surface area contributed by atoms with E-state index in [0.717, 1.165) is 10.0 Å². The van der Waals surface area contributed by atoms with Crippen LogP contribution in [0.4, 0.5) is 0 Å². The molecule has 0 aliphatic rings. The smallest absolute Gasteiger partial charge is 0.257 e. The molecule has 4 aromatic rings. The highest BCUT2D eigenvalue weighted by atomic mass is 32.2. The average molecular weight is 376 g/mol. The first-order valence-electron chi connectivity index (χ1n) is 7.12. The quantitative estimate of drug-likeness (QED) is 0.474. The lowest BCUT2D eigenvalue weighted by molar-refractivity contribution is 0.509. The summed E-state index contributed by atoms with van der Waals surface area (Å²) in [6, 6.07) is 8.00. The lowest BCUT2D eigenvalue weighted by Crippen LogP contribution is -2.03. The first-order chi connectivity index (χ1) is 11.8. The number of hydrogen-bond acceptors (Lipinski definition) is 9. The van der Waals surface area contributed by atoms with Gasteiger partial charge in [0, 0.05) is 4.88 Å². The van der Waals surface area contributed by atoms with Crippen LogP contribution in [0.3, 0.4) is 0 Å². The molecule has 0 saturated heterocycles. The van der Waals surface area contributed by atoms with Crippen LogP contribution in [-0.4, -0.2) is 30.4 Å². The lowest BCUT2D eigenvalue weighted by Gasteiger charge is -2.06. The van der Waals surface area contributed by atoms with Crippen molar-refractivity contribution in [3.8, 4) is 10.8 Å². The number of thioether (sulfide) groups is 1. The minimum Gasteiger partial charge on any atom is -0.419 e. The van der Waals surface area contributed by atoms with Gasteiger partial charge in [-0.05, 0) is 40.2 Å². The molecule has 0 amide bonds. The Morgan fingerprint density at radius 3 is 2.83 bits per heavy atom. The topological polar surface area (TPSA) is 82.5 Å². The van der Waals surface area contributed by atoms with Gasteiger partial charge in [0.05, 0.1) is 16.7 Å². The summed E-state index contributed by atoms with van der Waals surface area (Å²) >= 11 is 4.76. The number of aromatic nitrogens is 6. The van der Waals surface area contributed by atoms with Gasteiger partial charge in [0.1, 0.15) is 0 Å². The zero-order valence-corrected chi connectivity index (χ0v) is 15.0. The maximum absolute atomic E-state index is 5.78. The molecule has 7 nitrogen and oxygen atoms in total. The lowest BCUT2D eigenvalue weighted by atomic mass is 10.5. The maximum Gasteiger partial charge on any atom is 0.257 e. The molecule has 4 aromatic heterocycles. The standard InChI is InChI=1S/C14H12N6OS3/c1-9(12-15-16-13(21-12)11-5-3-7-23-11)24-14-17-18-19-20(14)8-10-4-2-6-22-10/h2-7,9H,8H2,1H3. The molecule has 0 radical (unpaired) electrons. The molecule has 0 aliphatic heterocycles. The highest BCUT2D eigenvalue weighted by Gasteiger charge is 2.20. The third-order valence-electron chi connectivity index (χ3n) is 3.19. The van der Waals surface area contributed by atoms with Gasteiger partial charge in [0.25, 0.3) is 5.89 Å². The predicted molar refractivity (Wildman–Crippen MR) is 93.1 cm³/mol. The summed E-state index contributed by atoms with van der Waals surface area (Å²) in [7, 11) is 0. The van der Waals surface area contributed by atoms with Crippen molar-refractivity contribution in [3.63, 3.8) is 0 Å². The second kappa shape index (κ2) is 6.83. The number of rotatable bonds is 6. The molecule has 0 bridgehead atoms. The van der Waals surface area contributed by atoms with Gasteiger partial charge in [-0.25, -0.2) is 4.68 Å². The van der Waals surface area contributed by atoms with Gasteiger partial charge in [-0.3, -0.25) is 0 Å². The van der Waals surface area contributed by atoms with E-state index in [1.54, 1.807) is 27.4 Å². The summed E-state index contributed by atoms with van der Waals surface area (Å²) in [4.78, 5) is 2.17. The molecular formula is C14H12N6OS3. The van der Waals surface area contributed by atoms with Crippen LogP contribution < -0.4 is 0 Å². The summed E-state index contributed by atoms with van der Waals surface area (Å²) in [5.74, 6) is 1.11. The van der Waals surface area contributed by atoms with E-state index in [1.165, 1.54) is 16.6 Å². The van der Waals surface area contributed by atoms with Crippen LogP contribution in [0.15, 0.2) is 44.6 Å². The van der Waals surface area contributed by atoms with Crippen LogP contribution in [0.2, 0.25) is 0 Å². The zero-order chi connectivity index (χ0) is 16.4. The molecule has 4 rings (SSSR count). The highest BCUT2D eigenvalue weighted by Crippen LogP contribution is 2.34. The molecule has 4 heterocycles. The predicted octanol–water partition coefficient (Wildman–Crippen LogP) is 3.75. The fourth-order valence-corrected chi connectivity index (χ4v) is 4.19. The Morgan fingerprint density at radius 1 is 1.17 bits per heavy atom. The number of thiophene rings is 2. The van der Waals surface area contributed by atoms with E-state index in [0.29, 0.717) is 18.3 Å². The monoisotopic (exact) mass is 376 g/mol. The Balaban J connectivity index is 1.49. The fourth-order valence-electron chi connectivity index (χ4n) is 2.04. The van der Waals surface area contributed by atoms with Crippen molar-refractivity contribution in [2.75, 3.05) is 0 Å². The summed E-state index contributed by atoms with van der Waals surface area (Å²) in [6.07, 6.45) is 0. The van der Waals surface area contributed by atoms with Crippen LogP contribution in [0.1, 0.15) is 22.9 Å². The Bertz CT molecular complexity index is 899. The van der Waals surface area contributed by atoms with Crippen molar-refractivity contribution < 1.29 is 4.42 Å². The van der Waals surface area contributed by atoms with Crippen molar-refractivity contribution in [1.82, 2.24) is 30.4 Å². The van der Waals surface area contributed by atoms with Crippen LogP contribution in [0, 0.1) is 0 Å². The van der Waals surface area contributed by atoms with Crippen LogP contribution in [0.25, 0.3) is 10.8 Å². The van der Waals surface area contributed by atoms with Crippen molar-refractivity contribution in [2.45, 2.75) is 23.9 Å². The number of hydrogen-bond donors (Lipinski definition) is 0. The molecule has 0 aromatic carbocycles. The molecule has 122 valence electrons. The van der Waals surface area contributed by atoms with Crippen LogP contribution in [-0.2, 0) is 6.54 Å². The minimum atomic E-state index is -0.0423. The minimum absolute atomic E-state index is 0.0423. The largest absolute Gasteiger partial charge is 0.419 e. The molecular weight excluding hydrogens is 364 g/mol. The zero-order valence-electron chi connectivity index (χ0n) is 12.6. The summed E-state index contributed by atoms with van der Waals surface area (Å²) in [5.41, 5.74) is 0. The summed E-state index contributed by atoms with van der Waals surface area (Å²) in [6.45, 7) is 2.66. The van der Waals surface area contributed by atoms with E-state index in [1.807, 2.05) is 35.9 Å². The van der Waals surface area contributed by atoms with E-state index >= 15 is 0 Å². The SMILES string of the molecule is CC(Sc1nnnn1Cc1cccs1)c1nnc(-c2cccs2)o1. The molecule has 0 spiro atoms. The summed E-state index contributed by atoms with van der Waals surface area (Å²) < 4.78 is 7.56. The van der Waals surface area contributed by atoms with Crippen molar-refractivity contribution in [2.24, 2.45) is 0 Å². The maximum atomic E-state index is 5.78. The van der Waals surface area contributed by atoms with Crippen molar-refractivity contribution in [1.29, 1.82) is 0 Å². The summed E-state index contributed by atoms with van der Waals surface area (Å²) in [5, 5.41) is 24.9. The van der Waals surface area contributed by atoms with E-state index < -0.39 is 0 Å². The van der Waals surface area contributed by atoms with Gasteiger partial charge in [-0.2, -0.15) is 0 Å². The van der Waals surface area contributed by atoms with Gasteiger partial charge in [-0.1, -0.05) is 23.9 Å². The molecule has 0 aliphatic carbocycles. The van der Waals surface area contributed by atoms with E-state index in [9.17, 15) is 0 Å². The third kappa shape index (κ3) is 3.25. The Hall–Kier alpha value is -2.04. The third-order valence-corrected chi connectivity index (χ3v) is 5.96. The van der Waals surface area contributed by atoms with Crippen LogP contribution >= 0.6 is 34.4 Å². The first-order valence-corrected chi connectivity index (χ1v) is 9.76. The molecule has 0 N–H and O–H groups in total. The van der Waals surface area contributed by atoms with Crippen LogP contribution in [0.5, 0.6) is 0 Å². The molecule has 24 heavy (non-hydrogen) atoms. The van der Waals surface area contributed by atoms with E-state index in [2.05, 4.69) is 31.8 Å². The molecule has 0 fully saturated rings. The number of tetrazole rings is 1. The number of nitrogens with zero attached hydrogens (tertiary/aromatic N) is 6. The van der Waals surface area contributed by atoms with Crippen molar-refractivity contribution >= 4 is 34.4 Å². The normalized spacial score (nSPS) is 12.5.